The maximum absolute atomic E-state index is 11.7. The van der Waals surface area contributed by atoms with Crippen LogP contribution in [-0.4, -0.2) is 20.1 Å². The molecule has 0 aliphatic carbocycles. The zero-order chi connectivity index (χ0) is 11.8. The normalized spacial score (nSPS) is 15.7. The predicted octanol–water partition coefficient (Wildman–Crippen LogP) is 1.28. The van der Waals surface area contributed by atoms with Crippen molar-refractivity contribution >= 4 is 9.84 Å². The molecule has 0 saturated carbocycles. The van der Waals surface area contributed by atoms with Gasteiger partial charge in [0.1, 0.15) is 0 Å². The number of hydrogen-bond donors (Lipinski definition) is 1. The zero-order valence-corrected chi connectivity index (χ0v) is 6.96. The van der Waals surface area contributed by atoms with E-state index in [9.17, 15) is 34.8 Å². The smallest absolute Gasteiger partial charge is 0.404 e. The quantitative estimate of drug-likeness (QED) is 0.706. The number of rotatable bonds is 1. The molecule has 14 heavy (non-hydrogen) atoms. The summed E-state index contributed by atoms with van der Waals surface area (Å²) in [5.74, 6) is 0. The molecule has 0 aliphatic rings. The van der Waals surface area contributed by atoms with Gasteiger partial charge in [-0.15, -0.1) is 0 Å². The maximum Gasteiger partial charge on any atom is 0.501 e. The fourth-order valence-corrected chi connectivity index (χ4v) is 1.19. The summed E-state index contributed by atoms with van der Waals surface area (Å²) >= 11 is 0. The Labute approximate surface area is 74.1 Å². The van der Waals surface area contributed by atoms with Crippen LogP contribution in [0.1, 0.15) is 0 Å². The molecule has 84 valence electrons. The van der Waals surface area contributed by atoms with E-state index in [4.69, 9.17) is 0 Å². The first-order chi connectivity index (χ1) is 5.94. The first-order valence-electron chi connectivity index (χ1n) is 2.75. The monoisotopic (exact) mass is 243 g/mol. The van der Waals surface area contributed by atoms with E-state index in [1.807, 2.05) is 0 Å². The minimum absolute atomic E-state index is 0.636. The van der Waals surface area contributed by atoms with Gasteiger partial charge < -0.3 is 5.73 Å². The van der Waals surface area contributed by atoms with Crippen molar-refractivity contribution in [2.75, 3.05) is 0 Å². The third-order valence-electron chi connectivity index (χ3n) is 1.02. The van der Waals surface area contributed by atoms with Crippen molar-refractivity contribution in [1.29, 1.82) is 0 Å². The molecule has 0 aromatic carbocycles. The average molecular weight is 243 g/mol. The largest absolute Gasteiger partial charge is 0.501 e. The van der Waals surface area contributed by atoms with Crippen molar-refractivity contribution in [3.8, 4) is 0 Å². The van der Waals surface area contributed by atoms with Crippen LogP contribution in [0.25, 0.3) is 0 Å². The zero-order valence-electron chi connectivity index (χ0n) is 6.15. The summed E-state index contributed by atoms with van der Waals surface area (Å²) in [5, 5.41) is 0. The third kappa shape index (κ3) is 2.30. The van der Waals surface area contributed by atoms with Gasteiger partial charge in [-0.25, -0.2) is 8.42 Å². The molecule has 3 nitrogen and oxygen atoms in total. The second-order valence-electron chi connectivity index (χ2n) is 1.98. The van der Waals surface area contributed by atoms with Crippen LogP contribution in [0.5, 0.6) is 0 Å². The fourth-order valence-electron chi connectivity index (χ4n) is 0.461. The Morgan fingerprint density at radius 1 is 1.07 bits per heavy atom. The van der Waals surface area contributed by atoms with Gasteiger partial charge in [-0.3, -0.25) is 0 Å². The van der Waals surface area contributed by atoms with Gasteiger partial charge >= 0.3 is 11.7 Å². The molecule has 0 heterocycles. The molecule has 0 atom stereocenters. The molecular weight excluding hydrogens is 240 g/mol. The van der Waals surface area contributed by atoms with Crippen LogP contribution >= 0.6 is 0 Å². The lowest BCUT2D eigenvalue weighted by molar-refractivity contribution is -0.0895. The molecule has 0 radical (unpaired) electrons. The lowest BCUT2D eigenvalue weighted by atomic mass is 10.6. The lowest BCUT2D eigenvalue weighted by Crippen LogP contribution is -2.32. The van der Waals surface area contributed by atoms with E-state index in [1.165, 1.54) is 0 Å². The minimum atomic E-state index is -6.44. The highest BCUT2D eigenvalue weighted by Gasteiger charge is 2.56. The Morgan fingerprint density at radius 3 is 1.50 bits per heavy atom. The van der Waals surface area contributed by atoms with Gasteiger partial charge in [0.2, 0.25) is 0 Å². The Kier molecular flexibility index (Phi) is 3.11. The molecule has 0 spiro atoms. The van der Waals surface area contributed by atoms with Crippen LogP contribution in [0.4, 0.5) is 26.3 Å². The number of sulfone groups is 1. The molecule has 0 rings (SSSR count). The standard InChI is InChI=1S/C4H3F6NO2S/c5-3(6,7)2(1-11)14(12,13)4(8,9)10/h1H,11H2/b2-1-. The number of halogens is 6. The summed E-state index contributed by atoms with van der Waals surface area (Å²) in [7, 11) is -6.44. The van der Waals surface area contributed by atoms with Crippen molar-refractivity contribution in [2.24, 2.45) is 5.73 Å². The van der Waals surface area contributed by atoms with E-state index in [2.05, 4.69) is 5.73 Å². The topological polar surface area (TPSA) is 60.2 Å². The molecule has 0 amide bonds. The lowest BCUT2D eigenvalue weighted by Gasteiger charge is -2.13. The van der Waals surface area contributed by atoms with Gasteiger partial charge in [-0.1, -0.05) is 0 Å². The summed E-state index contributed by atoms with van der Waals surface area (Å²) in [4.78, 5) is -2.82. The van der Waals surface area contributed by atoms with E-state index in [1.54, 1.807) is 0 Å². The van der Waals surface area contributed by atoms with E-state index in [0.29, 0.717) is 0 Å². The minimum Gasteiger partial charge on any atom is -0.404 e. The Balaban J connectivity index is 5.55. The Hall–Kier alpha value is -0.930. The molecule has 0 aromatic heterocycles. The summed E-state index contributed by atoms with van der Waals surface area (Å²) < 4.78 is 90.5. The highest BCUT2D eigenvalue weighted by molar-refractivity contribution is 7.96. The molecule has 0 bridgehead atoms. The van der Waals surface area contributed by atoms with Crippen molar-refractivity contribution in [1.82, 2.24) is 0 Å². The van der Waals surface area contributed by atoms with Crippen molar-refractivity contribution in [3.63, 3.8) is 0 Å². The van der Waals surface area contributed by atoms with E-state index in [-0.39, 0.29) is 0 Å². The molecular formula is C4H3F6NO2S. The Morgan fingerprint density at radius 2 is 1.43 bits per heavy atom. The molecule has 0 aliphatic heterocycles. The molecule has 10 heteroatoms. The van der Waals surface area contributed by atoms with Crippen LogP contribution in [0.15, 0.2) is 11.1 Å². The van der Waals surface area contributed by atoms with Crippen molar-refractivity contribution in [2.45, 2.75) is 11.7 Å². The molecule has 0 aromatic rings. The Bertz CT molecular complexity index is 336. The number of hydrogen-bond acceptors (Lipinski definition) is 3. The van der Waals surface area contributed by atoms with Gasteiger partial charge in [-0.05, 0) is 0 Å². The molecule has 0 unspecified atom stereocenters. The predicted molar refractivity (Wildman–Crippen MR) is 33.3 cm³/mol. The van der Waals surface area contributed by atoms with Gasteiger partial charge in [-0.2, -0.15) is 26.3 Å². The second kappa shape index (κ2) is 3.33. The first-order valence-corrected chi connectivity index (χ1v) is 4.23. The van der Waals surface area contributed by atoms with Gasteiger partial charge in [0.05, 0.1) is 0 Å². The third-order valence-corrected chi connectivity index (χ3v) is 2.58. The van der Waals surface area contributed by atoms with Crippen molar-refractivity contribution in [3.05, 3.63) is 11.1 Å². The maximum atomic E-state index is 11.7. The second-order valence-corrected chi connectivity index (χ2v) is 3.89. The average Bonchev–Trinajstić information content (AvgIpc) is 1.80. The highest BCUT2D eigenvalue weighted by atomic mass is 32.2. The van der Waals surface area contributed by atoms with E-state index in [0.717, 1.165) is 0 Å². The fraction of sp³-hybridized carbons (Fsp3) is 0.500. The molecule has 2 N–H and O–H groups in total. The number of allylic oxidation sites excluding steroid dienone is 1. The number of nitrogens with two attached hydrogens (primary N) is 1. The van der Waals surface area contributed by atoms with Crippen LogP contribution in [0, 0.1) is 0 Å². The van der Waals surface area contributed by atoms with Gasteiger partial charge in [0.15, 0.2) is 4.91 Å². The highest BCUT2D eigenvalue weighted by Crippen LogP contribution is 2.37. The van der Waals surface area contributed by atoms with Gasteiger partial charge in [0, 0.05) is 6.20 Å². The summed E-state index contributed by atoms with van der Waals surface area (Å²) in [5.41, 5.74) is -1.84. The van der Waals surface area contributed by atoms with Crippen LogP contribution < -0.4 is 5.73 Å². The van der Waals surface area contributed by atoms with Crippen LogP contribution in [-0.2, 0) is 9.84 Å². The van der Waals surface area contributed by atoms with E-state index >= 15 is 0 Å². The summed E-state index contributed by atoms with van der Waals surface area (Å²) in [6.07, 6.45) is -6.30. The van der Waals surface area contributed by atoms with Crippen molar-refractivity contribution < 1.29 is 34.8 Å². The summed E-state index contributed by atoms with van der Waals surface area (Å²) in [6.45, 7) is 0. The summed E-state index contributed by atoms with van der Waals surface area (Å²) in [6, 6.07) is 0. The number of alkyl halides is 6. The van der Waals surface area contributed by atoms with E-state index < -0.39 is 32.6 Å². The first kappa shape index (κ1) is 13.1. The van der Waals surface area contributed by atoms with Crippen LogP contribution in [0.2, 0.25) is 0 Å². The molecule has 0 fully saturated rings. The van der Waals surface area contributed by atoms with Gasteiger partial charge in [0.25, 0.3) is 9.84 Å². The molecule has 0 saturated heterocycles. The SMILES string of the molecule is N/C=C(/C(F)(F)F)S(=O)(=O)C(F)(F)F. The van der Waals surface area contributed by atoms with Crippen LogP contribution in [0.3, 0.4) is 0 Å².